The van der Waals surface area contributed by atoms with Crippen LogP contribution in [-0.4, -0.2) is 22.5 Å². The van der Waals surface area contributed by atoms with Crippen LogP contribution in [0, 0.1) is 0 Å². The third-order valence-electron chi connectivity index (χ3n) is 2.71. The Morgan fingerprint density at radius 3 is 2.70 bits per heavy atom. The lowest BCUT2D eigenvalue weighted by Gasteiger charge is -2.10. The molecule has 0 radical (unpaired) electrons. The van der Waals surface area contributed by atoms with Crippen molar-refractivity contribution < 1.29 is 19.7 Å². The van der Waals surface area contributed by atoms with Gasteiger partial charge in [0.05, 0.1) is 0 Å². The minimum absolute atomic E-state index is 0.253. The van der Waals surface area contributed by atoms with E-state index >= 15 is 0 Å². The van der Waals surface area contributed by atoms with E-state index in [1.54, 1.807) is 0 Å². The molecule has 1 aromatic carbocycles. The van der Waals surface area contributed by atoms with E-state index in [4.69, 9.17) is 14.9 Å². The van der Waals surface area contributed by atoms with Gasteiger partial charge in [0.1, 0.15) is 6.10 Å². The molecule has 0 bridgehead atoms. The summed E-state index contributed by atoms with van der Waals surface area (Å²) >= 11 is 0. The molecule has 0 heterocycles. The molecule has 2 N–H and O–H groups in total. The SMILES string of the molecule is C=CC(=O)OC1C=Cc2ccccc21.CCCC(O)O. The fourth-order valence-corrected chi connectivity index (χ4v) is 1.75. The lowest BCUT2D eigenvalue weighted by atomic mass is 10.1. The average Bonchev–Trinajstić information content (AvgIpc) is 2.83. The summed E-state index contributed by atoms with van der Waals surface area (Å²) in [5, 5.41) is 16.2. The molecule has 108 valence electrons. The minimum atomic E-state index is -1.10. The smallest absolute Gasteiger partial charge is 0.331 e. The number of esters is 1. The van der Waals surface area contributed by atoms with E-state index in [0.717, 1.165) is 17.5 Å². The van der Waals surface area contributed by atoms with Crippen molar-refractivity contribution in [2.45, 2.75) is 32.2 Å². The molecule has 20 heavy (non-hydrogen) atoms. The summed E-state index contributed by atoms with van der Waals surface area (Å²) in [4.78, 5) is 11.0. The second-order valence-corrected chi connectivity index (χ2v) is 4.32. The molecule has 4 nitrogen and oxygen atoms in total. The van der Waals surface area contributed by atoms with E-state index in [-0.39, 0.29) is 6.10 Å². The summed E-state index contributed by atoms with van der Waals surface area (Å²) in [5.41, 5.74) is 2.14. The van der Waals surface area contributed by atoms with Gasteiger partial charge < -0.3 is 14.9 Å². The zero-order chi connectivity index (χ0) is 15.0. The Morgan fingerprint density at radius 2 is 2.15 bits per heavy atom. The molecule has 0 aliphatic heterocycles. The van der Waals surface area contributed by atoms with Crippen LogP contribution in [0.1, 0.15) is 37.0 Å². The second kappa shape index (κ2) is 8.30. The van der Waals surface area contributed by atoms with E-state index in [9.17, 15) is 4.79 Å². The lowest BCUT2D eigenvalue weighted by molar-refractivity contribution is -0.141. The molecule has 0 saturated carbocycles. The maximum atomic E-state index is 11.0. The lowest BCUT2D eigenvalue weighted by Crippen LogP contribution is -2.05. The van der Waals surface area contributed by atoms with Gasteiger partial charge in [-0.15, -0.1) is 0 Å². The number of ether oxygens (including phenoxy) is 1. The van der Waals surface area contributed by atoms with Crippen LogP contribution in [0.2, 0.25) is 0 Å². The van der Waals surface area contributed by atoms with Gasteiger partial charge in [-0.3, -0.25) is 0 Å². The van der Waals surface area contributed by atoms with Crippen LogP contribution in [0.5, 0.6) is 0 Å². The van der Waals surface area contributed by atoms with Gasteiger partial charge in [0.15, 0.2) is 6.29 Å². The van der Waals surface area contributed by atoms with Crippen LogP contribution < -0.4 is 0 Å². The maximum absolute atomic E-state index is 11.0. The highest BCUT2D eigenvalue weighted by molar-refractivity contribution is 5.82. The Hall–Kier alpha value is -1.91. The fourth-order valence-electron chi connectivity index (χ4n) is 1.75. The van der Waals surface area contributed by atoms with E-state index in [0.29, 0.717) is 6.42 Å². The number of hydrogen-bond donors (Lipinski definition) is 2. The molecule has 1 atom stereocenters. The predicted octanol–water partition coefficient (Wildman–Crippen LogP) is 2.58. The highest BCUT2D eigenvalue weighted by Gasteiger charge is 2.18. The van der Waals surface area contributed by atoms with Crippen LogP contribution in [0.4, 0.5) is 0 Å². The second-order valence-electron chi connectivity index (χ2n) is 4.32. The molecule has 0 saturated heterocycles. The molecular weight excluding hydrogens is 256 g/mol. The zero-order valence-corrected chi connectivity index (χ0v) is 11.5. The predicted molar refractivity (Wildman–Crippen MR) is 77.6 cm³/mol. The van der Waals surface area contributed by atoms with Gasteiger partial charge in [-0.05, 0) is 18.1 Å². The number of carbonyl (C=O) groups is 1. The third kappa shape index (κ3) is 4.99. The number of rotatable bonds is 4. The summed E-state index contributed by atoms with van der Waals surface area (Å²) in [7, 11) is 0. The van der Waals surface area contributed by atoms with Crippen LogP contribution in [-0.2, 0) is 9.53 Å². The van der Waals surface area contributed by atoms with Gasteiger partial charge >= 0.3 is 5.97 Å². The largest absolute Gasteiger partial charge is 0.450 e. The molecule has 0 fully saturated rings. The molecule has 1 aliphatic rings. The normalized spacial score (nSPS) is 15.3. The summed E-state index contributed by atoms with van der Waals surface area (Å²) < 4.78 is 5.14. The Bertz CT molecular complexity index is 477. The van der Waals surface area contributed by atoms with Gasteiger partial charge in [-0.2, -0.15) is 0 Å². The van der Waals surface area contributed by atoms with E-state index in [1.165, 1.54) is 6.08 Å². The van der Waals surface area contributed by atoms with Crippen molar-refractivity contribution in [3.8, 4) is 0 Å². The maximum Gasteiger partial charge on any atom is 0.331 e. The van der Waals surface area contributed by atoms with Crippen molar-refractivity contribution in [1.82, 2.24) is 0 Å². The van der Waals surface area contributed by atoms with Crippen LogP contribution >= 0.6 is 0 Å². The Balaban J connectivity index is 0.000000286. The number of hydrogen-bond acceptors (Lipinski definition) is 4. The molecule has 1 aromatic rings. The van der Waals surface area contributed by atoms with Crippen LogP contribution in [0.15, 0.2) is 43.0 Å². The number of carbonyl (C=O) groups excluding carboxylic acids is 1. The first-order valence-electron chi connectivity index (χ1n) is 6.54. The molecule has 1 aliphatic carbocycles. The topological polar surface area (TPSA) is 66.8 Å². The van der Waals surface area contributed by atoms with Crippen molar-refractivity contribution in [3.63, 3.8) is 0 Å². The third-order valence-corrected chi connectivity index (χ3v) is 2.71. The number of benzene rings is 1. The average molecular weight is 276 g/mol. The molecule has 0 amide bonds. The molecular formula is C16H20O4. The number of fused-ring (bicyclic) bond motifs is 1. The minimum Gasteiger partial charge on any atom is -0.450 e. The zero-order valence-electron chi connectivity index (χ0n) is 11.5. The summed E-state index contributed by atoms with van der Waals surface area (Å²) in [6.07, 6.45) is 4.96. The monoisotopic (exact) mass is 276 g/mol. The van der Waals surface area contributed by atoms with Gasteiger partial charge in [-0.25, -0.2) is 4.79 Å². The highest BCUT2D eigenvalue weighted by Crippen LogP contribution is 2.30. The summed E-state index contributed by atoms with van der Waals surface area (Å²) in [6.45, 7) is 5.26. The van der Waals surface area contributed by atoms with Crippen molar-refractivity contribution in [2.75, 3.05) is 0 Å². The molecule has 0 spiro atoms. The number of aliphatic hydroxyl groups is 2. The van der Waals surface area contributed by atoms with Crippen molar-refractivity contribution in [3.05, 3.63) is 54.1 Å². The molecule has 4 heteroatoms. The van der Waals surface area contributed by atoms with E-state index in [2.05, 4.69) is 6.58 Å². The Kier molecular flexibility index (Phi) is 6.70. The first kappa shape index (κ1) is 16.1. The van der Waals surface area contributed by atoms with Gasteiger partial charge in [0, 0.05) is 11.6 Å². The van der Waals surface area contributed by atoms with Crippen molar-refractivity contribution in [1.29, 1.82) is 0 Å². The van der Waals surface area contributed by atoms with E-state index < -0.39 is 12.3 Å². The van der Waals surface area contributed by atoms with Crippen molar-refractivity contribution in [2.24, 2.45) is 0 Å². The van der Waals surface area contributed by atoms with Crippen LogP contribution in [0.25, 0.3) is 6.08 Å². The number of aliphatic hydroxyl groups excluding tert-OH is 1. The first-order chi connectivity index (χ1) is 9.58. The standard InChI is InChI=1S/C12H10O2.C4H10O2/c1-2-12(13)14-11-8-7-9-5-3-4-6-10(9)11;1-2-3-4(5)6/h2-8,11H,1H2;4-6H,2-3H2,1H3. The first-order valence-corrected chi connectivity index (χ1v) is 6.54. The quantitative estimate of drug-likeness (QED) is 0.504. The van der Waals surface area contributed by atoms with Gasteiger partial charge in [0.25, 0.3) is 0 Å². The van der Waals surface area contributed by atoms with Gasteiger partial charge in [-0.1, -0.05) is 50.3 Å². The van der Waals surface area contributed by atoms with E-state index in [1.807, 2.05) is 43.3 Å². The molecule has 2 rings (SSSR count). The summed E-state index contributed by atoms with van der Waals surface area (Å²) in [6, 6.07) is 7.84. The van der Waals surface area contributed by atoms with Crippen LogP contribution in [0.3, 0.4) is 0 Å². The Labute approximate surface area is 119 Å². The molecule has 1 unspecified atom stereocenters. The highest BCUT2D eigenvalue weighted by atomic mass is 16.5. The Morgan fingerprint density at radius 1 is 1.45 bits per heavy atom. The van der Waals surface area contributed by atoms with Crippen molar-refractivity contribution >= 4 is 12.0 Å². The summed E-state index contributed by atoms with van der Waals surface area (Å²) in [5.74, 6) is -0.392. The molecule has 0 aromatic heterocycles. The fraction of sp³-hybridized carbons (Fsp3) is 0.312. The van der Waals surface area contributed by atoms with Gasteiger partial charge in [0.2, 0.25) is 0 Å².